The zero-order valence-electron chi connectivity index (χ0n) is 17.9. The molecule has 1 amide bonds. The molecule has 0 aliphatic rings. The van der Waals surface area contributed by atoms with Gasteiger partial charge in [0.15, 0.2) is 10.3 Å². The van der Waals surface area contributed by atoms with Crippen LogP contribution in [0.1, 0.15) is 35.3 Å². The molecular weight excluding hydrogens is 416 g/mol. The molecule has 3 rings (SSSR count). The normalized spacial score (nSPS) is 11.0. The maximum atomic E-state index is 12.4. The first-order valence-electron chi connectivity index (χ1n) is 9.72. The third kappa shape index (κ3) is 5.82. The van der Waals surface area contributed by atoms with Gasteiger partial charge in [-0.25, -0.2) is 9.97 Å². The Morgan fingerprint density at radius 1 is 1.00 bits per heavy atom. The van der Waals surface area contributed by atoms with Crippen LogP contribution in [-0.4, -0.2) is 36.4 Å². The van der Waals surface area contributed by atoms with Crippen molar-refractivity contribution in [2.24, 2.45) is 0 Å². The van der Waals surface area contributed by atoms with E-state index in [1.807, 2.05) is 56.5 Å². The van der Waals surface area contributed by atoms with Gasteiger partial charge in [0.05, 0.1) is 11.5 Å². The molecule has 0 saturated carbocycles. The Kier molecular flexibility index (Phi) is 7.49. The Morgan fingerprint density at radius 3 is 2.40 bits per heavy atom. The zero-order valence-corrected chi connectivity index (χ0v) is 19.5. The minimum absolute atomic E-state index is 0.0616. The van der Waals surface area contributed by atoms with Gasteiger partial charge in [0.2, 0.25) is 5.91 Å². The van der Waals surface area contributed by atoms with Crippen LogP contribution in [0.15, 0.2) is 34.6 Å². The summed E-state index contributed by atoms with van der Waals surface area (Å²) in [6, 6.07) is 7.87. The van der Waals surface area contributed by atoms with Gasteiger partial charge < -0.3 is 9.88 Å². The van der Waals surface area contributed by atoms with Gasteiger partial charge in [0.25, 0.3) is 0 Å². The quantitative estimate of drug-likeness (QED) is 0.410. The van der Waals surface area contributed by atoms with E-state index in [4.69, 9.17) is 0 Å². The van der Waals surface area contributed by atoms with Gasteiger partial charge in [0, 0.05) is 23.6 Å². The van der Waals surface area contributed by atoms with Crippen LogP contribution in [0.4, 0.5) is 5.69 Å². The second kappa shape index (κ2) is 10.1. The van der Waals surface area contributed by atoms with Gasteiger partial charge in [0.1, 0.15) is 5.82 Å². The molecule has 1 aromatic carbocycles. The molecule has 2 heterocycles. The molecule has 30 heavy (non-hydrogen) atoms. The lowest BCUT2D eigenvalue weighted by atomic mass is 10.1. The van der Waals surface area contributed by atoms with E-state index >= 15 is 0 Å². The van der Waals surface area contributed by atoms with Gasteiger partial charge in [-0.05, 0) is 63.9 Å². The molecule has 0 unspecified atom stereocenters. The van der Waals surface area contributed by atoms with Crippen molar-refractivity contribution < 1.29 is 4.79 Å². The molecule has 0 spiro atoms. The van der Waals surface area contributed by atoms with Crippen molar-refractivity contribution in [3.63, 3.8) is 0 Å². The largest absolute Gasteiger partial charge is 0.325 e. The second-order valence-electron chi connectivity index (χ2n) is 7.00. The van der Waals surface area contributed by atoms with E-state index < -0.39 is 0 Å². The van der Waals surface area contributed by atoms with Gasteiger partial charge in [-0.3, -0.25) is 4.79 Å². The summed E-state index contributed by atoms with van der Waals surface area (Å²) < 4.78 is 2.03. The maximum Gasteiger partial charge on any atom is 0.234 e. The molecule has 0 radical (unpaired) electrons. The Morgan fingerprint density at radius 2 is 1.73 bits per heavy atom. The number of carbonyl (C=O) groups excluding carboxylic acids is 1. The number of thioether (sulfide) groups is 2. The van der Waals surface area contributed by atoms with Crippen LogP contribution in [0.3, 0.4) is 0 Å². The number of rotatable bonds is 8. The van der Waals surface area contributed by atoms with E-state index in [1.54, 1.807) is 0 Å². The molecule has 9 heteroatoms. The molecule has 0 fully saturated rings. The fraction of sp³-hybridized carbons (Fsp3) is 0.381. The van der Waals surface area contributed by atoms with Crippen molar-refractivity contribution in [2.75, 3.05) is 11.1 Å². The van der Waals surface area contributed by atoms with Crippen LogP contribution in [0.2, 0.25) is 0 Å². The standard InChI is InChI=1S/C21H26N6OS2/c1-6-27-18(11-29-20-22-15(4)10-16(5)23-20)25-26-21(27)30-12-19(28)24-17-8-7-13(2)14(3)9-17/h7-10H,6,11-12H2,1-5H3,(H,24,28). The monoisotopic (exact) mass is 442 g/mol. The number of carbonyl (C=O) groups is 1. The third-order valence-corrected chi connectivity index (χ3v) is 6.33. The van der Waals surface area contributed by atoms with Crippen molar-refractivity contribution in [1.82, 2.24) is 24.7 Å². The summed E-state index contributed by atoms with van der Waals surface area (Å²) in [7, 11) is 0. The van der Waals surface area contributed by atoms with Gasteiger partial charge in [-0.2, -0.15) is 0 Å². The highest BCUT2D eigenvalue weighted by Gasteiger charge is 2.14. The lowest BCUT2D eigenvalue weighted by Crippen LogP contribution is -2.15. The minimum atomic E-state index is -0.0616. The molecule has 3 aromatic rings. The summed E-state index contributed by atoms with van der Waals surface area (Å²) in [4.78, 5) is 21.3. The predicted molar refractivity (Wildman–Crippen MR) is 122 cm³/mol. The van der Waals surface area contributed by atoms with E-state index in [2.05, 4.69) is 32.4 Å². The number of nitrogens with one attached hydrogen (secondary N) is 1. The van der Waals surface area contributed by atoms with Crippen LogP contribution in [0.25, 0.3) is 0 Å². The van der Waals surface area contributed by atoms with E-state index in [9.17, 15) is 4.79 Å². The third-order valence-electron chi connectivity index (χ3n) is 4.52. The molecule has 1 N–H and O–H groups in total. The highest BCUT2D eigenvalue weighted by atomic mass is 32.2. The lowest BCUT2D eigenvalue weighted by Gasteiger charge is -2.09. The summed E-state index contributed by atoms with van der Waals surface area (Å²) in [5.74, 6) is 1.69. The van der Waals surface area contributed by atoms with E-state index in [1.165, 1.54) is 29.1 Å². The van der Waals surface area contributed by atoms with Crippen molar-refractivity contribution in [2.45, 2.75) is 57.2 Å². The first-order valence-corrected chi connectivity index (χ1v) is 11.7. The van der Waals surface area contributed by atoms with E-state index in [0.29, 0.717) is 5.75 Å². The molecule has 0 aliphatic carbocycles. The van der Waals surface area contributed by atoms with Crippen LogP contribution < -0.4 is 5.32 Å². The molecule has 0 aliphatic heterocycles. The number of aromatic nitrogens is 5. The maximum absolute atomic E-state index is 12.4. The van der Waals surface area contributed by atoms with Crippen LogP contribution in [0, 0.1) is 27.7 Å². The van der Waals surface area contributed by atoms with E-state index in [0.717, 1.165) is 45.3 Å². The number of nitrogens with zero attached hydrogens (tertiary/aromatic N) is 5. The summed E-state index contributed by atoms with van der Waals surface area (Å²) in [5.41, 5.74) is 5.07. The molecule has 0 bridgehead atoms. The first kappa shape index (κ1) is 22.3. The fourth-order valence-electron chi connectivity index (χ4n) is 2.88. The summed E-state index contributed by atoms with van der Waals surface area (Å²) in [6.45, 7) is 10.8. The lowest BCUT2D eigenvalue weighted by molar-refractivity contribution is -0.113. The number of aryl methyl sites for hydroxylation is 4. The summed E-state index contributed by atoms with van der Waals surface area (Å²) in [6.07, 6.45) is 0. The number of anilines is 1. The molecule has 158 valence electrons. The number of benzene rings is 1. The average molecular weight is 443 g/mol. The van der Waals surface area contributed by atoms with Crippen molar-refractivity contribution in [3.8, 4) is 0 Å². The number of amides is 1. The van der Waals surface area contributed by atoms with Crippen LogP contribution in [-0.2, 0) is 17.1 Å². The zero-order chi connectivity index (χ0) is 21.7. The molecule has 0 atom stereocenters. The Labute approximate surface area is 185 Å². The summed E-state index contributed by atoms with van der Waals surface area (Å²) >= 11 is 2.93. The smallest absolute Gasteiger partial charge is 0.234 e. The average Bonchev–Trinajstić information content (AvgIpc) is 3.09. The number of hydrogen-bond donors (Lipinski definition) is 1. The first-order chi connectivity index (χ1) is 14.4. The predicted octanol–water partition coefficient (Wildman–Crippen LogP) is 4.34. The van der Waals surface area contributed by atoms with Crippen molar-refractivity contribution >= 4 is 35.1 Å². The van der Waals surface area contributed by atoms with Gasteiger partial charge in [-0.15, -0.1) is 10.2 Å². The topological polar surface area (TPSA) is 85.6 Å². The minimum Gasteiger partial charge on any atom is -0.325 e. The van der Waals surface area contributed by atoms with Crippen LogP contribution in [0.5, 0.6) is 0 Å². The summed E-state index contributed by atoms with van der Waals surface area (Å²) in [5, 5.41) is 13.0. The molecular formula is C21H26N6OS2. The van der Waals surface area contributed by atoms with E-state index in [-0.39, 0.29) is 11.7 Å². The van der Waals surface area contributed by atoms with Gasteiger partial charge >= 0.3 is 0 Å². The Balaban J connectivity index is 1.59. The second-order valence-corrected chi connectivity index (χ2v) is 8.89. The van der Waals surface area contributed by atoms with Crippen molar-refractivity contribution in [1.29, 1.82) is 0 Å². The fourth-order valence-corrected chi connectivity index (χ4v) is 4.59. The van der Waals surface area contributed by atoms with Gasteiger partial charge in [-0.1, -0.05) is 29.6 Å². The molecule has 2 aromatic heterocycles. The molecule has 7 nitrogen and oxygen atoms in total. The van der Waals surface area contributed by atoms with Crippen LogP contribution >= 0.6 is 23.5 Å². The highest BCUT2D eigenvalue weighted by molar-refractivity contribution is 7.99. The molecule has 0 saturated heterocycles. The highest BCUT2D eigenvalue weighted by Crippen LogP contribution is 2.23. The Bertz CT molecular complexity index is 1030. The van der Waals surface area contributed by atoms with Crippen molar-refractivity contribution in [3.05, 3.63) is 52.6 Å². The SMILES string of the molecule is CCn1c(CSc2nc(C)cc(C)n2)nnc1SCC(=O)Nc1ccc(C)c(C)c1. The Hall–Kier alpha value is -2.39. The number of hydrogen-bond acceptors (Lipinski definition) is 7.